The second kappa shape index (κ2) is 6.75. The lowest BCUT2D eigenvalue weighted by Crippen LogP contribution is -2.37. The standard InChI is InChI=1S/C19H19ClFN3O/c1-23-12-22-17-5-3-14(9-18(17)23)19-11-24(6-7-25-19)10-13-2-4-16(21)15(20)8-13/h2-5,8-9,12,19H,6-7,10-11H2,1H3. The van der Waals surface area contributed by atoms with Crippen LogP contribution in [0.4, 0.5) is 4.39 Å². The van der Waals surface area contributed by atoms with Crippen LogP contribution >= 0.6 is 11.6 Å². The van der Waals surface area contributed by atoms with E-state index < -0.39 is 0 Å². The highest BCUT2D eigenvalue weighted by Gasteiger charge is 2.22. The van der Waals surface area contributed by atoms with Gasteiger partial charge in [0.05, 0.1) is 35.1 Å². The summed E-state index contributed by atoms with van der Waals surface area (Å²) < 4.78 is 21.3. The van der Waals surface area contributed by atoms with Gasteiger partial charge < -0.3 is 9.30 Å². The summed E-state index contributed by atoms with van der Waals surface area (Å²) in [7, 11) is 1.99. The molecule has 2 aromatic carbocycles. The molecule has 0 aliphatic carbocycles. The lowest BCUT2D eigenvalue weighted by atomic mass is 10.1. The Kier molecular flexibility index (Phi) is 4.46. The maximum Gasteiger partial charge on any atom is 0.141 e. The van der Waals surface area contributed by atoms with Crippen molar-refractivity contribution in [2.24, 2.45) is 7.05 Å². The zero-order valence-electron chi connectivity index (χ0n) is 14.0. The van der Waals surface area contributed by atoms with Crippen molar-refractivity contribution in [3.63, 3.8) is 0 Å². The molecule has 1 saturated heterocycles. The van der Waals surface area contributed by atoms with Crippen molar-refractivity contribution in [3.05, 3.63) is 64.7 Å². The largest absolute Gasteiger partial charge is 0.371 e. The SMILES string of the molecule is Cn1cnc2ccc(C3CN(Cc4ccc(F)c(Cl)c4)CCO3)cc21. The molecule has 0 bridgehead atoms. The third kappa shape index (κ3) is 3.40. The van der Waals surface area contributed by atoms with Crippen LogP contribution in [0, 0.1) is 5.82 Å². The number of hydrogen-bond donors (Lipinski definition) is 0. The minimum absolute atomic E-state index is 0.0176. The summed E-state index contributed by atoms with van der Waals surface area (Å²) in [5, 5.41) is 0.170. The molecule has 0 amide bonds. The lowest BCUT2D eigenvalue weighted by Gasteiger charge is -2.33. The van der Waals surface area contributed by atoms with E-state index in [1.807, 2.05) is 24.0 Å². The van der Waals surface area contributed by atoms with Gasteiger partial charge in [-0.25, -0.2) is 9.37 Å². The predicted molar refractivity (Wildman–Crippen MR) is 96.1 cm³/mol. The number of aryl methyl sites for hydroxylation is 1. The van der Waals surface area contributed by atoms with Crippen LogP contribution < -0.4 is 0 Å². The molecule has 4 nitrogen and oxygen atoms in total. The smallest absolute Gasteiger partial charge is 0.141 e. The van der Waals surface area contributed by atoms with E-state index in [0.29, 0.717) is 6.61 Å². The Bertz CT molecular complexity index is 911. The van der Waals surface area contributed by atoms with Crippen LogP contribution in [0.5, 0.6) is 0 Å². The zero-order chi connectivity index (χ0) is 17.4. The van der Waals surface area contributed by atoms with Gasteiger partial charge in [-0.15, -0.1) is 0 Å². The van der Waals surface area contributed by atoms with Crippen molar-refractivity contribution in [1.29, 1.82) is 0 Å². The van der Waals surface area contributed by atoms with Crippen molar-refractivity contribution in [1.82, 2.24) is 14.5 Å². The first kappa shape index (κ1) is 16.5. The van der Waals surface area contributed by atoms with Crippen molar-refractivity contribution >= 4 is 22.6 Å². The van der Waals surface area contributed by atoms with Gasteiger partial charge in [0.25, 0.3) is 0 Å². The number of ether oxygens (including phenoxy) is 1. The summed E-state index contributed by atoms with van der Waals surface area (Å²) in [4.78, 5) is 6.67. The molecular formula is C19H19ClFN3O. The van der Waals surface area contributed by atoms with E-state index in [2.05, 4.69) is 22.0 Å². The molecule has 1 fully saturated rings. The second-order valence-electron chi connectivity index (χ2n) is 6.45. The Morgan fingerprint density at radius 3 is 3.00 bits per heavy atom. The summed E-state index contributed by atoms with van der Waals surface area (Å²) in [5.41, 5.74) is 4.25. The van der Waals surface area contributed by atoms with E-state index in [-0.39, 0.29) is 16.9 Å². The first-order valence-electron chi connectivity index (χ1n) is 8.29. The van der Waals surface area contributed by atoms with Gasteiger partial charge in [-0.2, -0.15) is 0 Å². The van der Waals surface area contributed by atoms with Gasteiger partial charge in [-0.3, -0.25) is 4.90 Å². The van der Waals surface area contributed by atoms with E-state index in [9.17, 15) is 4.39 Å². The molecule has 2 heterocycles. The van der Waals surface area contributed by atoms with Crippen LogP contribution in [0.25, 0.3) is 11.0 Å². The van der Waals surface area contributed by atoms with Crippen molar-refractivity contribution in [3.8, 4) is 0 Å². The Hall–Kier alpha value is -1.95. The fourth-order valence-corrected chi connectivity index (χ4v) is 3.49. The molecule has 1 unspecified atom stereocenters. The molecule has 0 saturated carbocycles. The third-order valence-corrected chi connectivity index (χ3v) is 4.95. The molecule has 4 rings (SSSR count). The molecule has 0 radical (unpaired) electrons. The number of fused-ring (bicyclic) bond motifs is 1. The summed E-state index contributed by atoms with van der Waals surface area (Å²) in [6.45, 7) is 3.04. The van der Waals surface area contributed by atoms with E-state index >= 15 is 0 Å². The Labute approximate surface area is 150 Å². The van der Waals surface area contributed by atoms with Gasteiger partial charge in [-0.05, 0) is 35.4 Å². The maximum absolute atomic E-state index is 13.3. The van der Waals surface area contributed by atoms with Crippen LogP contribution in [0.2, 0.25) is 5.02 Å². The third-order valence-electron chi connectivity index (χ3n) is 4.66. The van der Waals surface area contributed by atoms with E-state index in [1.54, 1.807) is 12.1 Å². The number of halogens is 2. The highest BCUT2D eigenvalue weighted by Crippen LogP contribution is 2.26. The maximum atomic E-state index is 13.3. The van der Waals surface area contributed by atoms with Crippen LogP contribution in [-0.2, 0) is 18.3 Å². The summed E-state index contributed by atoms with van der Waals surface area (Å²) in [5.74, 6) is -0.380. The van der Waals surface area contributed by atoms with E-state index in [4.69, 9.17) is 16.3 Å². The normalized spacial score (nSPS) is 18.8. The zero-order valence-corrected chi connectivity index (χ0v) is 14.7. The predicted octanol–water partition coefficient (Wildman–Crippen LogP) is 3.94. The fraction of sp³-hybridized carbons (Fsp3) is 0.316. The number of imidazole rings is 1. The first-order valence-corrected chi connectivity index (χ1v) is 8.67. The molecule has 0 spiro atoms. The van der Waals surface area contributed by atoms with Crippen LogP contribution in [-0.4, -0.2) is 34.1 Å². The molecule has 3 aromatic rings. The molecule has 1 atom stereocenters. The van der Waals surface area contributed by atoms with Crippen LogP contribution in [0.15, 0.2) is 42.7 Å². The monoisotopic (exact) mass is 359 g/mol. The highest BCUT2D eigenvalue weighted by atomic mass is 35.5. The Morgan fingerprint density at radius 2 is 2.16 bits per heavy atom. The van der Waals surface area contributed by atoms with Crippen molar-refractivity contribution in [2.75, 3.05) is 19.7 Å². The Balaban J connectivity index is 1.51. The van der Waals surface area contributed by atoms with Crippen LogP contribution in [0.3, 0.4) is 0 Å². The fourth-order valence-electron chi connectivity index (χ4n) is 3.29. The molecule has 1 aromatic heterocycles. The summed E-state index contributed by atoms with van der Waals surface area (Å²) >= 11 is 5.89. The van der Waals surface area contributed by atoms with Crippen molar-refractivity contribution < 1.29 is 9.13 Å². The van der Waals surface area contributed by atoms with Crippen molar-refractivity contribution in [2.45, 2.75) is 12.6 Å². The molecule has 25 heavy (non-hydrogen) atoms. The van der Waals surface area contributed by atoms with E-state index in [1.165, 1.54) is 6.07 Å². The quantitative estimate of drug-likeness (QED) is 0.709. The molecule has 6 heteroatoms. The highest BCUT2D eigenvalue weighted by molar-refractivity contribution is 6.30. The lowest BCUT2D eigenvalue weighted by molar-refractivity contribution is -0.0328. The molecule has 1 aliphatic rings. The number of aromatic nitrogens is 2. The summed E-state index contributed by atoms with van der Waals surface area (Å²) in [6, 6.07) is 11.2. The summed E-state index contributed by atoms with van der Waals surface area (Å²) in [6.07, 6.45) is 1.84. The topological polar surface area (TPSA) is 30.3 Å². The van der Waals surface area contributed by atoms with Crippen LogP contribution in [0.1, 0.15) is 17.2 Å². The van der Waals surface area contributed by atoms with Gasteiger partial charge in [-0.1, -0.05) is 23.7 Å². The number of nitrogens with zero attached hydrogens (tertiary/aromatic N) is 3. The minimum atomic E-state index is -0.380. The molecular weight excluding hydrogens is 341 g/mol. The van der Waals surface area contributed by atoms with E-state index in [0.717, 1.165) is 41.8 Å². The number of benzene rings is 2. The number of morpholine rings is 1. The first-order chi connectivity index (χ1) is 12.1. The van der Waals surface area contributed by atoms with Gasteiger partial charge in [0.2, 0.25) is 0 Å². The van der Waals surface area contributed by atoms with Gasteiger partial charge >= 0.3 is 0 Å². The van der Waals surface area contributed by atoms with Gasteiger partial charge in [0, 0.05) is 26.7 Å². The number of hydrogen-bond acceptors (Lipinski definition) is 3. The number of rotatable bonds is 3. The second-order valence-corrected chi connectivity index (χ2v) is 6.85. The average Bonchev–Trinajstić information content (AvgIpc) is 2.99. The van der Waals surface area contributed by atoms with Gasteiger partial charge in [0.1, 0.15) is 5.82 Å². The van der Waals surface area contributed by atoms with Gasteiger partial charge in [0.15, 0.2) is 0 Å². The Morgan fingerprint density at radius 1 is 1.28 bits per heavy atom. The average molecular weight is 360 g/mol. The minimum Gasteiger partial charge on any atom is -0.371 e. The molecule has 0 N–H and O–H groups in total. The molecule has 1 aliphatic heterocycles. The molecule has 130 valence electrons.